The second kappa shape index (κ2) is 32.1. The van der Waals surface area contributed by atoms with Gasteiger partial charge in [0, 0.05) is 147 Å². The second-order valence-corrected chi connectivity index (χ2v) is 40.5. The molecule has 0 unspecified atom stereocenters. The van der Waals surface area contributed by atoms with E-state index >= 15 is 0 Å². The van der Waals surface area contributed by atoms with Crippen LogP contribution in [-0.4, -0.2) is 0 Å². The van der Waals surface area contributed by atoms with E-state index in [4.69, 9.17) is 17.7 Å². The highest BCUT2D eigenvalue weighted by Crippen LogP contribution is 2.54. The molecule has 0 saturated carbocycles. The summed E-state index contributed by atoms with van der Waals surface area (Å²) in [6.45, 7) is 25.2. The third-order valence-corrected chi connectivity index (χ3v) is 28.2. The van der Waals surface area contributed by atoms with Crippen molar-refractivity contribution in [2.45, 2.75) is 104 Å². The fourth-order valence-electron chi connectivity index (χ4n) is 21.1. The molecule has 0 bridgehead atoms. The van der Waals surface area contributed by atoms with Crippen LogP contribution < -0.4 is 19.6 Å². The molecule has 0 saturated heterocycles. The van der Waals surface area contributed by atoms with Crippen molar-refractivity contribution in [1.29, 1.82) is 0 Å². The number of fused-ring (bicyclic) bond motifs is 20. The van der Waals surface area contributed by atoms with Gasteiger partial charge in [0.2, 0.25) is 0 Å². The monoisotopic (exact) mass is 1760 g/mol. The van der Waals surface area contributed by atoms with Gasteiger partial charge < -0.3 is 37.3 Å². The Labute approximate surface area is 791 Å². The Morgan fingerprint density at radius 3 is 0.654 bits per heavy atom. The molecule has 0 aliphatic rings. The van der Waals surface area contributed by atoms with Crippen molar-refractivity contribution in [3.8, 4) is 22.3 Å². The molecule has 4 aromatic heterocycles. The van der Waals surface area contributed by atoms with Gasteiger partial charge in [0.15, 0.2) is 0 Å². The molecule has 24 rings (SSSR count). The molecule has 658 valence electrons. The zero-order chi connectivity index (χ0) is 92.2. The van der Waals surface area contributed by atoms with E-state index in [0.717, 1.165) is 222 Å². The summed E-state index contributed by atoms with van der Waals surface area (Å²) in [7, 11) is 0. The molecule has 0 fully saturated rings. The highest BCUT2D eigenvalue weighted by molar-refractivity contribution is 6.31. The van der Waals surface area contributed by atoms with E-state index in [9.17, 15) is 0 Å². The van der Waals surface area contributed by atoms with Crippen LogP contribution in [-0.2, 0) is 28.1 Å². The number of nitrogens with zero attached hydrogens (tertiary/aromatic N) is 4. The van der Waals surface area contributed by atoms with E-state index in [1.807, 2.05) is 0 Å². The van der Waals surface area contributed by atoms with E-state index in [2.05, 4.69) is 502 Å². The van der Waals surface area contributed by atoms with Crippen molar-refractivity contribution in [2.75, 3.05) is 19.6 Å². The average molecular weight is 1760 g/mol. The summed E-state index contributed by atoms with van der Waals surface area (Å²) in [4.78, 5) is 9.52. The quantitative estimate of drug-likeness (QED) is 0.0894. The molecule has 0 N–H and O–H groups in total. The lowest BCUT2D eigenvalue weighted by Crippen LogP contribution is -2.20. The predicted molar refractivity (Wildman–Crippen MR) is 574 cm³/mol. The van der Waals surface area contributed by atoms with E-state index in [1.165, 1.54) is 33.4 Å². The van der Waals surface area contributed by atoms with Gasteiger partial charge in [-0.25, -0.2) is 0 Å². The second-order valence-electron chi connectivity index (χ2n) is 40.5. The first-order chi connectivity index (χ1) is 66.0. The van der Waals surface area contributed by atoms with Crippen molar-refractivity contribution < 1.29 is 17.7 Å². The molecule has 8 heteroatoms. The Balaban J connectivity index is 0.528. The number of para-hydroxylation sites is 2. The van der Waals surface area contributed by atoms with Gasteiger partial charge in [0.05, 0.1) is 22.7 Å². The van der Waals surface area contributed by atoms with Crippen LogP contribution >= 0.6 is 0 Å². The number of rotatable bonds is 17. The van der Waals surface area contributed by atoms with Gasteiger partial charge in [-0.3, -0.25) is 0 Å². The van der Waals surface area contributed by atoms with Crippen molar-refractivity contribution >= 4 is 199 Å². The predicted octanol–water partition coefficient (Wildman–Crippen LogP) is 37.5. The lowest BCUT2D eigenvalue weighted by Gasteiger charge is -2.30. The summed E-state index contributed by atoms with van der Waals surface area (Å²) in [6, 6.07) is 148. The normalized spacial score (nSPS) is 12.4. The van der Waals surface area contributed by atoms with Crippen LogP contribution in [0, 0.1) is 0 Å². The Kier molecular flexibility index (Phi) is 19.6. The summed E-state index contributed by atoms with van der Waals surface area (Å²) >= 11 is 0. The van der Waals surface area contributed by atoms with Crippen LogP contribution in [0.5, 0.6) is 0 Å². The number of hydrogen-bond donors (Lipinski definition) is 0. The topological polar surface area (TPSA) is 65.5 Å². The number of anilines is 12. The standard InChI is InChI=1S/C128H102N4O4/c1-125(2,3)85-51-63-93(64-52-85)131(94-65-53-86(54-66-94)126(4,5)6)111-75-119-123(103-41-27-23-37-99(103)111)107-72-108-116(78-115(107)135-119)136-120-76-112(100-38-24-28-42-104(100)124(108)120)132(95-67-55-87(56-68-95)127(7,8)9)96-69-57-88(58-70-96)128(10,11)79-80-43-45-82(46-44-80)84-49-61-92(62-50-84)130(90-33-19-14-20-34-90)110-74-118-122(102-40-26-22-36-98(102)110)106-71-105-113(77-114(106)134-118)133-117-73-109(97-35-21-25-39-101(97)121(105)117)129(89-31-17-13-18-32-89)91-59-47-83(48-60-91)81-29-15-12-16-30-81/h12-78H,79H2,1-11H3. The van der Waals surface area contributed by atoms with Crippen molar-refractivity contribution in [3.05, 3.63) is 434 Å². The van der Waals surface area contributed by atoms with Crippen molar-refractivity contribution in [3.63, 3.8) is 0 Å². The molecule has 0 spiro atoms. The maximum absolute atomic E-state index is 7.19. The Morgan fingerprint density at radius 1 is 0.176 bits per heavy atom. The van der Waals surface area contributed by atoms with Crippen LogP contribution in [0.4, 0.5) is 68.2 Å². The maximum atomic E-state index is 7.19. The van der Waals surface area contributed by atoms with Gasteiger partial charge in [-0.15, -0.1) is 0 Å². The van der Waals surface area contributed by atoms with E-state index in [-0.39, 0.29) is 21.7 Å². The minimum absolute atomic E-state index is 0.00575. The molecule has 8 nitrogen and oxygen atoms in total. The average Bonchev–Trinajstić information content (AvgIpc) is 1.56. The molecular weight excluding hydrogens is 1660 g/mol. The van der Waals surface area contributed by atoms with Gasteiger partial charge in [0.1, 0.15) is 44.7 Å². The zero-order valence-electron chi connectivity index (χ0n) is 78.3. The summed E-state index contributed by atoms with van der Waals surface area (Å²) in [5, 5.41) is 17.4. The molecular formula is C128H102N4O4. The SMILES string of the molecule is CC(C)(C)c1ccc(N(c2ccc(C(C)(C)C)cc2)c2cc3oc4cc5oc6cc(N(c7ccc(C(C)(C)C)cc7)c7ccc(C(C)(C)Cc8ccc(-c9ccc(N(c%10ccccc%10)c%10cc%11oc%12cc%13oc%14cc(N(c%15ccccc%15)c%15ccc(-c%16ccccc%16)cc%15)c%15ccccc%15c%14c%13cc%12c%11c%11ccccc%10%11)cc9)cc8)cc7)c7ccccc7c6c5cc4c3c3ccccc23)cc1. The molecule has 24 aromatic rings. The first-order valence-electron chi connectivity index (χ1n) is 47.4. The molecule has 20 aromatic carbocycles. The van der Waals surface area contributed by atoms with Crippen LogP contribution in [0.1, 0.15) is 104 Å². The molecule has 4 heterocycles. The smallest absolute Gasteiger partial charge is 0.139 e. The van der Waals surface area contributed by atoms with Gasteiger partial charge in [-0.2, -0.15) is 0 Å². The first-order valence-corrected chi connectivity index (χ1v) is 47.4. The highest BCUT2D eigenvalue weighted by Gasteiger charge is 2.31. The fraction of sp³-hybridized carbons (Fsp3) is 0.125. The third kappa shape index (κ3) is 14.3. The lowest BCUT2D eigenvalue weighted by molar-refractivity contribution is 0.522. The molecule has 136 heavy (non-hydrogen) atoms. The van der Waals surface area contributed by atoms with E-state index < -0.39 is 0 Å². The summed E-state index contributed by atoms with van der Waals surface area (Å²) in [5.74, 6) is 0. The highest BCUT2D eigenvalue weighted by atomic mass is 16.4. The Morgan fingerprint density at radius 2 is 0.390 bits per heavy atom. The van der Waals surface area contributed by atoms with Gasteiger partial charge >= 0.3 is 0 Å². The number of benzene rings is 20. The van der Waals surface area contributed by atoms with Crippen molar-refractivity contribution in [1.82, 2.24) is 0 Å². The Hall–Kier alpha value is -16.2. The Bertz CT molecular complexity index is 8720. The zero-order valence-corrected chi connectivity index (χ0v) is 78.3. The van der Waals surface area contributed by atoms with Gasteiger partial charge in [-0.1, -0.05) is 337 Å². The van der Waals surface area contributed by atoms with Crippen LogP contribution in [0.25, 0.3) is 153 Å². The van der Waals surface area contributed by atoms with Crippen LogP contribution in [0.3, 0.4) is 0 Å². The molecule has 0 amide bonds. The van der Waals surface area contributed by atoms with Crippen LogP contribution in [0.2, 0.25) is 0 Å². The summed E-state index contributed by atoms with van der Waals surface area (Å²) in [6.07, 6.45) is 0.839. The summed E-state index contributed by atoms with van der Waals surface area (Å²) < 4.78 is 28.5. The minimum Gasteiger partial charge on any atom is -0.456 e. The largest absolute Gasteiger partial charge is 0.456 e. The minimum atomic E-state index is -0.222. The van der Waals surface area contributed by atoms with Gasteiger partial charge in [0.25, 0.3) is 0 Å². The number of hydrogen-bond acceptors (Lipinski definition) is 8. The molecule has 0 aliphatic heterocycles. The van der Waals surface area contributed by atoms with Gasteiger partial charge in [-0.05, 0) is 209 Å². The first kappa shape index (κ1) is 83.0. The lowest BCUT2D eigenvalue weighted by atomic mass is 9.79. The summed E-state index contributed by atoms with van der Waals surface area (Å²) in [5.41, 5.74) is 29.6. The van der Waals surface area contributed by atoms with Crippen LogP contribution in [0.15, 0.2) is 424 Å². The van der Waals surface area contributed by atoms with E-state index in [1.54, 1.807) is 0 Å². The van der Waals surface area contributed by atoms with Crippen molar-refractivity contribution in [2.24, 2.45) is 0 Å². The molecule has 0 atom stereocenters. The number of furan rings is 4. The molecule has 0 radical (unpaired) electrons. The maximum Gasteiger partial charge on any atom is 0.139 e. The van der Waals surface area contributed by atoms with E-state index in [0.29, 0.717) is 0 Å². The fourth-order valence-corrected chi connectivity index (χ4v) is 21.1. The molecule has 0 aliphatic carbocycles. The third-order valence-electron chi connectivity index (χ3n) is 28.2.